The lowest BCUT2D eigenvalue weighted by atomic mass is 10.2. The van der Waals surface area contributed by atoms with Crippen molar-refractivity contribution < 1.29 is 9.53 Å². The largest absolute Gasteiger partial charge is 0.480 e. The van der Waals surface area contributed by atoms with Crippen LogP contribution in [0.5, 0.6) is 5.75 Å². The van der Waals surface area contributed by atoms with Crippen LogP contribution in [0.25, 0.3) is 0 Å². The van der Waals surface area contributed by atoms with Crippen molar-refractivity contribution in [3.63, 3.8) is 0 Å². The van der Waals surface area contributed by atoms with E-state index in [1.807, 2.05) is 55.9 Å². The van der Waals surface area contributed by atoms with Crippen molar-refractivity contribution in [3.05, 3.63) is 48.0 Å². The van der Waals surface area contributed by atoms with Gasteiger partial charge in [-0.05, 0) is 25.0 Å². The molecule has 0 saturated carbocycles. The second-order valence-corrected chi connectivity index (χ2v) is 4.95. The van der Waals surface area contributed by atoms with Gasteiger partial charge in [0, 0.05) is 19.4 Å². The average molecular weight is 287 g/mol. The highest BCUT2D eigenvalue weighted by atomic mass is 16.5. The van der Waals surface area contributed by atoms with Crippen LogP contribution in [0.3, 0.4) is 0 Å². The Morgan fingerprint density at radius 2 is 2.19 bits per heavy atom. The molecule has 0 radical (unpaired) electrons. The lowest BCUT2D eigenvalue weighted by Crippen LogP contribution is -2.38. The molecule has 21 heavy (non-hydrogen) atoms. The van der Waals surface area contributed by atoms with Gasteiger partial charge in [0.1, 0.15) is 11.6 Å². The van der Waals surface area contributed by atoms with Crippen LogP contribution in [0.1, 0.15) is 24.7 Å². The van der Waals surface area contributed by atoms with Crippen molar-refractivity contribution in [2.75, 3.05) is 0 Å². The normalized spacial score (nSPS) is 12.0. The van der Waals surface area contributed by atoms with Gasteiger partial charge in [0.2, 0.25) is 0 Å². The number of carbonyl (C=O) groups is 1. The molecule has 5 heteroatoms. The minimum atomic E-state index is -0.494. The number of hydrogen-bond donors (Lipinski definition) is 1. The highest BCUT2D eigenvalue weighted by molar-refractivity contribution is 5.81. The lowest BCUT2D eigenvalue weighted by molar-refractivity contribution is -0.128. The quantitative estimate of drug-likeness (QED) is 0.886. The van der Waals surface area contributed by atoms with Gasteiger partial charge in [0.15, 0.2) is 6.10 Å². The Morgan fingerprint density at radius 1 is 1.43 bits per heavy atom. The van der Waals surface area contributed by atoms with Gasteiger partial charge in [-0.25, -0.2) is 4.98 Å². The average Bonchev–Trinajstić information content (AvgIpc) is 2.89. The third-order valence-electron chi connectivity index (χ3n) is 3.37. The van der Waals surface area contributed by atoms with E-state index in [-0.39, 0.29) is 5.91 Å². The predicted octanol–water partition coefficient (Wildman–Crippen LogP) is 2.20. The Morgan fingerprint density at radius 3 is 2.81 bits per heavy atom. The van der Waals surface area contributed by atoms with E-state index >= 15 is 0 Å². The number of benzene rings is 1. The molecule has 5 nitrogen and oxygen atoms in total. The standard InChI is InChI=1S/C16H21N3O2/c1-4-13(21-14-8-6-5-7-12(14)2)16(20)18-11-15-17-9-10-19(15)3/h5-10,13H,4,11H2,1-3H3,(H,18,20)/t13-/m1/s1. The third-order valence-corrected chi connectivity index (χ3v) is 3.37. The Kier molecular flexibility index (Phi) is 4.98. The maximum absolute atomic E-state index is 12.2. The van der Waals surface area contributed by atoms with Gasteiger partial charge in [-0.3, -0.25) is 4.79 Å². The molecule has 0 saturated heterocycles. The molecule has 0 bridgehead atoms. The molecule has 0 aliphatic heterocycles. The van der Waals surface area contributed by atoms with Gasteiger partial charge in [-0.2, -0.15) is 0 Å². The Balaban J connectivity index is 1.96. The van der Waals surface area contributed by atoms with E-state index in [0.29, 0.717) is 13.0 Å². The first-order valence-electron chi connectivity index (χ1n) is 7.08. The number of carbonyl (C=O) groups excluding carboxylic acids is 1. The first-order valence-corrected chi connectivity index (χ1v) is 7.08. The second-order valence-electron chi connectivity index (χ2n) is 4.95. The molecule has 1 amide bonds. The number of aromatic nitrogens is 2. The van der Waals surface area contributed by atoms with Crippen LogP contribution in [-0.4, -0.2) is 21.6 Å². The van der Waals surface area contributed by atoms with E-state index in [4.69, 9.17) is 4.74 Å². The summed E-state index contributed by atoms with van der Waals surface area (Å²) in [6.07, 6.45) is 3.68. The molecular formula is C16H21N3O2. The van der Waals surface area contributed by atoms with Crippen molar-refractivity contribution >= 4 is 5.91 Å². The van der Waals surface area contributed by atoms with Crippen LogP contribution < -0.4 is 10.1 Å². The second kappa shape index (κ2) is 6.92. The Bertz CT molecular complexity index is 607. The van der Waals surface area contributed by atoms with E-state index in [1.165, 1.54) is 0 Å². The summed E-state index contributed by atoms with van der Waals surface area (Å²) in [7, 11) is 1.90. The highest BCUT2D eigenvalue weighted by Crippen LogP contribution is 2.18. The highest BCUT2D eigenvalue weighted by Gasteiger charge is 2.19. The van der Waals surface area contributed by atoms with Crippen LogP contribution in [-0.2, 0) is 18.4 Å². The molecular weight excluding hydrogens is 266 g/mol. The number of imidazole rings is 1. The third kappa shape index (κ3) is 3.84. The molecule has 1 N–H and O–H groups in total. The summed E-state index contributed by atoms with van der Waals surface area (Å²) in [5, 5.41) is 2.87. The van der Waals surface area contributed by atoms with Gasteiger partial charge >= 0.3 is 0 Å². The van der Waals surface area contributed by atoms with Crippen molar-refractivity contribution in [2.24, 2.45) is 7.05 Å². The molecule has 2 aromatic rings. The fraction of sp³-hybridized carbons (Fsp3) is 0.375. The molecule has 0 unspecified atom stereocenters. The maximum Gasteiger partial charge on any atom is 0.261 e. The molecule has 1 aromatic carbocycles. The van der Waals surface area contributed by atoms with Crippen LogP contribution >= 0.6 is 0 Å². The summed E-state index contributed by atoms with van der Waals surface area (Å²) in [6.45, 7) is 4.30. The van der Waals surface area contributed by atoms with Crippen molar-refractivity contribution in [1.82, 2.24) is 14.9 Å². The molecule has 0 fully saturated rings. The van der Waals surface area contributed by atoms with Gasteiger partial charge in [-0.1, -0.05) is 25.1 Å². The topological polar surface area (TPSA) is 56.1 Å². The number of para-hydroxylation sites is 1. The van der Waals surface area contributed by atoms with Crippen molar-refractivity contribution in [2.45, 2.75) is 32.9 Å². The lowest BCUT2D eigenvalue weighted by Gasteiger charge is -2.18. The van der Waals surface area contributed by atoms with Crippen LogP contribution in [0, 0.1) is 6.92 Å². The van der Waals surface area contributed by atoms with Gasteiger partial charge in [0.05, 0.1) is 6.54 Å². The fourth-order valence-electron chi connectivity index (χ4n) is 2.01. The molecule has 1 heterocycles. The van der Waals surface area contributed by atoms with Crippen LogP contribution in [0.2, 0.25) is 0 Å². The fourth-order valence-corrected chi connectivity index (χ4v) is 2.01. The number of hydrogen-bond acceptors (Lipinski definition) is 3. The maximum atomic E-state index is 12.2. The number of amides is 1. The SMILES string of the molecule is CC[C@@H](Oc1ccccc1C)C(=O)NCc1nccn1C. The summed E-state index contributed by atoms with van der Waals surface area (Å²) in [5.41, 5.74) is 1.02. The first kappa shape index (κ1) is 15.1. The van der Waals surface area contributed by atoms with Gasteiger partial charge < -0.3 is 14.6 Å². The summed E-state index contributed by atoms with van der Waals surface area (Å²) in [4.78, 5) is 16.4. The minimum Gasteiger partial charge on any atom is -0.480 e. The zero-order valence-electron chi connectivity index (χ0n) is 12.7. The molecule has 1 aromatic heterocycles. The van der Waals surface area contributed by atoms with E-state index in [0.717, 1.165) is 17.1 Å². The molecule has 2 rings (SSSR count). The molecule has 0 spiro atoms. The number of aryl methyl sites for hydroxylation is 2. The van der Waals surface area contributed by atoms with Crippen LogP contribution in [0.15, 0.2) is 36.7 Å². The van der Waals surface area contributed by atoms with E-state index in [2.05, 4.69) is 10.3 Å². The van der Waals surface area contributed by atoms with E-state index < -0.39 is 6.10 Å². The summed E-state index contributed by atoms with van der Waals surface area (Å²) in [6, 6.07) is 7.70. The molecule has 112 valence electrons. The zero-order chi connectivity index (χ0) is 15.2. The zero-order valence-corrected chi connectivity index (χ0v) is 12.7. The summed E-state index contributed by atoms with van der Waals surface area (Å²) in [5.74, 6) is 1.44. The Labute approximate surface area is 125 Å². The molecule has 0 aliphatic rings. The van der Waals surface area contributed by atoms with E-state index in [9.17, 15) is 4.79 Å². The monoisotopic (exact) mass is 287 g/mol. The van der Waals surface area contributed by atoms with Gasteiger partial charge in [0.25, 0.3) is 5.91 Å². The van der Waals surface area contributed by atoms with Crippen LogP contribution in [0.4, 0.5) is 0 Å². The van der Waals surface area contributed by atoms with E-state index in [1.54, 1.807) is 6.20 Å². The Hall–Kier alpha value is -2.30. The predicted molar refractivity (Wildman–Crippen MR) is 80.9 cm³/mol. The molecule has 0 aliphatic carbocycles. The summed E-state index contributed by atoms with van der Waals surface area (Å²) < 4.78 is 7.70. The van der Waals surface area contributed by atoms with Crippen molar-refractivity contribution in [3.8, 4) is 5.75 Å². The van der Waals surface area contributed by atoms with Gasteiger partial charge in [-0.15, -0.1) is 0 Å². The molecule has 1 atom stereocenters. The van der Waals surface area contributed by atoms with Crippen molar-refractivity contribution in [1.29, 1.82) is 0 Å². The number of nitrogens with one attached hydrogen (secondary N) is 1. The smallest absolute Gasteiger partial charge is 0.261 e. The number of rotatable bonds is 6. The number of ether oxygens (including phenoxy) is 1. The minimum absolute atomic E-state index is 0.122. The number of nitrogens with zero attached hydrogens (tertiary/aromatic N) is 2. The first-order chi connectivity index (χ1) is 10.1. The summed E-state index contributed by atoms with van der Waals surface area (Å²) >= 11 is 0.